The Morgan fingerprint density at radius 2 is 1.95 bits per heavy atom. The van der Waals surface area contributed by atoms with E-state index < -0.39 is 29.3 Å². The molecule has 0 aliphatic carbocycles. The van der Waals surface area contributed by atoms with E-state index in [-0.39, 0.29) is 18.7 Å². The van der Waals surface area contributed by atoms with Crippen molar-refractivity contribution in [3.05, 3.63) is 29.3 Å². The maximum Gasteiger partial charge on any atom is 0.416 e. The summed E-state index contributed by atoms with van der Waals surface area (Å²) in [6.45, 7) is 0.146. The Hall–Kier alpha value is -2.69. The predicted octanol–water partition coefficient (Wildman–Crippen LogP) is 2.55. The minimum absolute atomic E-state index is 0.146. The molecular formula is C13H11F3N2O3. The zero-order valence-corrected chi connectivity index (χ0v) is 10.6. The topological polar surface area (TPSA) is 78.4 Å². The molecule has 21 heavy (non-hydrogen) atoms. The Balaban J connectivity index is 2.96. The van der Waals surface area contributed by atoms with Gasteiger partial charge in [0, 0.05) is 18.7 Å². The molecule has 0 bridgehead atoms. The molecule has 2 amide bonds. The number of hydrogen-bond acceptors (Lipinski definition) is 2. The van der Waals surface area contributed by atoms with E-state index in [1.165, 1.54) is 0 Å². The lowest BCUT2D eigenvalue weighted by Gasteiger charge is -2.12. The van der Waals surface area contributed by atoms with Gasteiger partial charge in [0.05, 0.1) is 11.1 Å². The van der Waals surface area contributed by atoms with Gasteiger partial charge >= 0.3 is 18.2 Å². The fraction of sp³-hybridized carbons (Fsp3) is 0.231. The van der Waals surface area contributed by atoms with Crippen molar-refractivity contribution in [2.75, 3.05) is 11.9 Å². The maximum absolute atomic E-state index is 12.7. The highest BCUT2D eigenvalue weighted by atomic mass is 19.4. The van der Waals surface area contributed by atoms with E-state index in [1.807, 2.05) is 0 Å². The van der Waals surface area contributed by atoms with E-state index in [9.17, 15) is 22.8 Å². The second-order valence-corrected chi connectivity index (χ2v) is 3.94. The van der Waals surface area contributed by atoms with Gasteiger partial charge in [0.2, 0.25) is 0 Å². The predicted molar refractivity (Wildman–Crippen MR) is 68.9 cm³/mol. The third kappa shape index (κ3) is 5.06. The lowest BCUT2D eigenvalue weighted by Crippen LogP contribution is -2.29. The number of carbonyl (C=O) groups is 2. The van der Waals surface area contributed by atoms with Crippen LogP contribution in [0.1, 0.15) is 22.3 Å². The second-order valence-electron chi connectivity index (χ2n) is 3.94. The molecule has 0 saturated carbocycles. The Labute approximate surface area is 118 Å². The highest BCUT2D eigenvalue weighted by Crippen LogP contribution is 2.32. The molecule has 112 valence electrons. The van der Waals surface area contributed by atoms with Crippen LogP contribution in [-0.2, 0) is 6.18 Å². The van der Waals surface area contributed by atoms with Crippen LogP contribution in [0.15, 0.2) is 18.2 Å². The van der Waals surface area contributed by atoms with Crippen LogP contribution >= 0.6 is 0 Å². The first-order chi connectivity index (χ1) is 9.74. The van der Waals surface area contributed by atoms with Gasteiger partial charge in [0.15, 0.2) is 0 Å². The van der Waals surface area contributed by atoms with Crippen LogP contribution < -0.4 is 10.6 Å². The lowest BCUT2D eigenvalue weighted by atomic mass is 10.1. The molecule has 1 rings (SSSR count). The van der Waals surface area contributed by atoms with Crippen molar-refractivity contribution in [3.63, 3.8) is 0 Å². The van der Waals surface area contributed by atoms with Crippen LogP contribution in [0.2, 0.25) is 0 Å². The number of anilines is 1. The van der Waals surface area contributed by atoms with Gasteiger partial charge in [0.1, 0.15) is 0 Å². The number of carbonyl (C=O) groups excluding carboxylic acids is 1. The van der Waals surface area contributed by atoms with Crippen LogP contribution in [0.3, 0.4) is 0 Å². The van der Waals surface area contributed by atoms with Crippen molar-refractivity contribution in [1.29, 1.82) is 0 Å². The largest absolute Gasteiger partial charge is 0.478 e. The minimum Gasteiger partial charge on any atom is -0.478 e. The number of hydrogen-bond donors (Lipinski definition) is 3. The zero-order chi connectivity index (χ0) is 16.0. The number of amides is 2. The first kappa shape index (κ1) is 16.4. The molecule has 0 heterocycles. The number of carboxylic acid groups (broad SMARTS) is 1. The van der Waals surface area contributed by atoms with Crippen molar-refractivity contribution in [1.82, 2.24) is 5.32 Å². The molecule has 0 radical (unpaired) electrons. The van der Waals surface area contributed by atoms with Crippen LogP contribution in [0, 0.1) is 12.3 Å². The van der Waals surface area contributed by atoms with Gasteiger partial charge in [0.25, 0.3) is 0 Å². The van der Waals surface area contributed by atoms with E-state index in [2.05, 4.69) is 16.6 Å². The number of carboxylic acids is 1. The van der Waals surface area contributed by atoms with Gasteiger partial charge in [-0.1, -0.05) is 0 Å². The minimum atomic E-state index is -4.72. The average molecular weight is 300 g/mol. The van der Waals surface area contributed by atoms with Crippen molar-refractivity contribution < 1.29 is 27.9 Å². The summed E-state index contributed by atoms with van der Waals surface area (Å²) in [6, 6.07) is 1.29. The molecule has 0 atom stereocenters. The number of aromatic carboxylic acids is 1. The standard InChI is InChI=1S/C13H11F3N2O3/c1-2-3-4-17-12(21)18-10-6-8(11(19)20)5-9(7-10)13(14,15)16/h1,5-7H,3-4H2,(H,19,20)(H2,17,18,21). The Morgan fingerprint density at radius 3 is 2.48 bits per heavy atom. The monoisotopic (exact) mass is 300 g/mol. The molecular weight excluding hydrogens is 289 g/mol. The maximum atomic E-state index is 12.7. The van der Waals surface area contributed by atoms with Crippen LogP contribution in [0.4, 0.5) is 23.7 Å². The Morgan fingerprint density at radius 1 is 1.29 bits per heavy atom. The summed E-state index contributed by atoms with van der Waals surface area (Å²) in [5.41, 5.74) is -2.02. The molecule has 0 saturated heterocycles. The number of halogens is 3. The molecule has 8 heteroatoms. The second kappa shape index (κ2) is 6.65. The van der Waals surface area contributed by atoms with Crippen molar-refractivity contribution in [2.24, 2.45) is 0 Å². The van der Waals surface area contributed by atoms with Crippen LogP contribution in [-0.4, -0.2) is 23.7 Å². The van der Waals surface area contributed by atoms with E-state index >= 15 is 0 Å². The summed E-state index contributed by atoms with van der Waals surface area (Å²) in [6.07, 6.45) is 0.516. The van der Waals surface area contributed by atoms with Crippen LogP contribution in [0.5, 0.6) is 0 Å². The summed E-state index contributed by atoms with van der Waals surface area (Å²) >= 11 is 0. The molecule has 0 aliphatic heterocycles. The molecule has 0 aromatic heterocycles. The fourth-order valence-electron chi connectivity index (χ4n) is 1.41. The first-order valence-electron chi connectivity index (χ1n) is 5.68. The number of alkyl halides is 3. The van der Waals surface area contributed by atoms with E-state index in [0.29, 0.717) is 12.1 Å². The first-order valence-corrected chi connectivity index (χ1v) is 5.68. The van der Waals surface area contributed by atoms with Crippen molar-refractivity contribution in [2.45, 2.75) is 12.6 Å². The molecule has 0 aliphatic rings. The highest BCUT2D eigenvalue weighted by Gasteiger charge is 2.32. The normalized spacial score (nSPS) is 10.6. The van der Waals surface area contributed by atoms with Gasteiger partial charge in [-0.2, -0.15) is 13.2 Å². The third-order valence-electron chi connectivity index (χ3n) is 2.32. The smallest absolute Gasteiger partial charge is 0.416 e. The van der Waals surface area contributed by atoms with E-state index in [1.54, 1.807) is 0 Å². The Bertz CT molecular complexity index is 591. The average Bonchev–Trinajstić information content (AvgIpc) is 2.37. The van der Waals surface area contributed by atoms with Gasteiger partial charge in [-0.25, -0.2) is 9.59 Å². The van der Waals surface area contributed by atoms with Gasteiger partial charge in [-0.05, 0) is 18.2 Å². The summed E-state index contributed by atoms with van der Waals surface area (Å²) < 4.78 is 38.0. The molecule has 1 aromatic carbocycles. The molecule has 5 nitrogen and oxygen atoms in total. The fourth-order valence-corrected chi connectivity index (χ4v) is 1.41. The number of rotatable bonds is 4. The van der Waals surface area contributed by atoms with Gasteiger partial charge in [-0.3, -0.25) is 0 Å². The Kier molecular flexibility index (Phi) is 5.18. The molecule has 0 fully saturated rings. The molecule has 0 spiro atoms. The van der Waals surface area contributed by atoms with E-state index in [4.69, 9.17) is 11.5 Å². The molecule has 3 N–H and O–H groups in total. The summed E-state index contributed by atoms with van der Waals surface area (Å²) in [5.74, 6) is 0.740. The SMILES string of the molecule is C#CCCNC(=O)Nc1cc(C(=O)O)cc(C(F)(F)F)c1. The van der Waals surface area contributed by atoms with Crippen LogP contribution in [0.25, 0.3) is 0 Å². The highest BCUT2D eigenvalue weighted by molar-refractivity contribution is 5.93. The van der Waals surface area contributed by atoms with Crippen molar-refractivity contribution >= 4 is 17.7 Å². The van der Waals surface area contributed by atoms with E-state index in [0.717, 1.165) is 6.07 Å². The number of urea groups is 1. The van der Waals surface area contributed by atoms with Crippen molar-refractivity contribution in [3.8, 4) is 12.3 Å². The van der Waals surface area contributed by atoms with Gasteiger partial charge in [-0.15, -0.1) is 12.3 Å². The number of terminal acetylenes is 1. The summed E-state index contributed by atoms with van der Waals surface area (Å²) in [4.78, 5) is 22.2. The quantitative estimate of drug-likeness (QED) is 0.590. The summed E-state index contributed by atoms with van der Waals surface area (Å²) in [5, 5.41) is 13.2. The zero-order valence-electron chi connectivity index (χ0n) is 10.6. The third-order valence-corrected chi connectivity index (χ3v) is 2.32. The number of nitrogens with one attached hydrogen (secondary N) is 2. The lowest BCUT2D eigenvalue weighted by molar-refractivity contribution is -0.137. The van der Waals surface area contributed by atoms with Gasteiger partial charge < -0.3 is 15.7 Å². The summed E-state index contributed by atoms with van der Waals surface area (Å²) in [7, 11) is 0. The number of benzene rings is 1. The molecule has 1 aromatic rings. The molecule has 0 unspecified atom stereocenters.